The van der Waals surface area contributed by atoms with E-state index in [0.29, 0.717) is 12.8 Å². The molecule has 6 nitrogen and oxygen atoms in total. The Kier molecular flexibility index (Phi) is 5.15. The van der Waals surface area contributed by atoms with Crippen molar-refractivity contribution < 1.29 is 14.7 Å². The average molecular weight is 305 g/mol. The van der Waals surface area contributed by atoms with E-state index in [-0.39, 0.29) is 5.91 Å². The van der Waals surface area contributed by atoms with Gasteiger partial charge in [-0.05, 0) is 38.3 Å². The molecule has 1 aliphatic rings. The van der Waals surface area contributed by atoms with E-state index in [0.717, 1.165) is 18.5 Å². The molecule has 1 aromatic carbocycles. The second-order valence-corrected chi connectivity index (χ2v) is 5.87. The lowest BCUT2D eigenvalue weighted by Gasteiger charge is -2.31. The lowest BCUT2D eigenvalue weighted by Crippen LogP contribution is -2.61. The smallest absolute Gasteiger partial charge is 0.242 e. The van der Waals surface area contributed by atoms with Crippen LogP contribution in [-0.2, 0) is 16.0 Å². The summed E-state index contributed by atoms with van der Waals surface area (Å²) in [5, 5.41) is 15.5. The van der Waals surface area contributed by atoms with Crippen LogP contribution in [0.2, 0.25) is 0 Å². The molecule has 0 radical (unpaired) electrons. The van der Waals surface area contributed by atoms with Crippen LogP contribution in [0.4, 0.5) is 0 Å². The summed E-state index contributed by atoms with van der Waals surface area (Å²) in [6.45, 7) is 2.18. The molecule has 22 heavy (non-hydrogen) atoms. The molecule has 2 unspecified atom stereocenters. The first-order valence-electron chi connectivity index (χ1n) is 7.52. The van der Waals surface area contributed by atoms with Gasteiger partial charge in [0.1, 0.15) is 11.6 Å². The Labute approximate surface area is 130 Å². The van der Waals surface area contributed by atoms with E-state index in [1.165, 1.54) is 6.92 Å². The maximum absolute atomic E-state index is 12.7. The zero-order valence-corrected chi connectivity index (χ0v) is 12.7. The number of benzene rings is 1. The highest BCUT2D eigenvalue weighted by Gasteiger charge is 2.42. The lowest BCUT2D eigenvalue weighted by molar-refractivity contribution is -0.133. The van der Waals surface area contributed by atoms with Crippen LogP contribution in [-0.4, -0.2) is 41.2 Å². The van der Waals surface area contributed by atoms with Crippen molar-refractivity contribution in [2.45, 2.75) is 43.9 Å². The topological polar surface area (TPSA) is 104 Å². The number of hydrogen-bond acceptors (Lipinski definition) is 4. The van der Waals surface area contributed by atoms with Gasteiger partial charge in [-0.15, -0.1) is 0 Å². The van der Waals surface area contributed by atoms with E-state index in [1.54, 1.807) is 0 Å². The molecular formula is C16H23N3O3. The lowest BCUT2D eigenvalue weighted by atomic mass is 9.88. The Morgan fingerprint density at radius 1 is 1.41 bits per heavy atom. The van der Waals surface area contributed by atoms with Gasteiger partial charge >= 0.3 is 0 Å². The molecule has 0 aromatic heterocycles. The highest BCUT2D eigenvalue weighted by atomic mass is 16.3. The van der Waals surface area contributed by atoms with Crippen LogP contribution in [0.25, 0.3) is 0 Å². The molecule has 1 fully saturated rings. The van der Waals surface area contributed by atoms with Crippen LogP contribution in [0.1, 0.15) is 25.3 Å². The Hall–Kier alpha value is -1.92. The molecule has 1 heterocycles. The van der Waals surface area contributed by atoms with Gasteiger partial charge in [0, 0.05) is 0 Å². The van der Waals surface area contributed by atoms with E-state index < -0.39 is 23.6 Å². The van der Waals surface area contributed by atoms with Crippen LogP contribution >= 0.6 is 0 Å². The summed E-state index contributed by atoms with van der Waals surface area (Å²) in [6.07, 6.45) is 1.07. The Morgan fingerprint density at radius 3 is 2.59 bits per heavy atom. The number of carbonyl (C=O) groups is 2. The average Bonchev–Trinajstić information content (AvgIpc) is 2.94. The molecule has 3 atom stereocenters. The van der Waals surface area contributed by atoms with Gasteiger partial charge in [0.05, 0.1) is 6.10 Å². The summed E-state index contributed by atoms with van der Waals surface area (Å²) in [5.41, 5.74) is 5.53. The van der Waals surface area contributed by atoms with Gasteiger partial charge < -0.3 is 21.5 Å². The molecule has 5 N–H and O–H groups in total. The van der Waals surface area contributed by atoms with Gasteiger partial charge in [0.25, 0.3) is 0 Å². The molecular weight excluding hydrogens is 282 g/mol. The molecule has 0 aliphatic carbocycles. The zero-order valence-electron chi connectivity index (χ0n) is 12.7. The predicted octanol–water partition coefficient (Wildman–Crippen LogP) is -0.298. The van der Waals surface area contributed by atoms with E-state index in [2.05, 4.69) is 10.6 Å². The summed E-state index contributed by atoms with van der Waals surface area (Å²) >= 11 is 0. The third kappa shape index (κ3) is 3.64. The van der Waals surface area contributed by atoms with Gasteiger partial charge in [-0.1, -0.05) is 30.3 Å². The third-order valence-electron chi connectivity index (χ3n) is 4.10. The van der Waals surface area contributed by atoms with Crippen molar-refractivity contribution in [3.8, 4) is 0 Å². The number of nitrogens with two attached hydrogens (primary N) is 1. The Bertz CT molecular complexity index is 525. The highest BCUT2D eigenvalue weighted by molar-refractivity contribution is 5.92. The van der Waals surface area contributed by atoms with Gasteiger partial charge in [-0.25, -0.2) is 0 Å². The molecule has 1 aromatic rings. The summed E-state index contributed by atoms with van der Waals surface area (Å²) in [7, 11) is 0. The van der Waals surface area contributed by atoms with Crippen LogP contribution < -0.4 is 16.4 Å². The molecule has 0 saturated carbocycles. The molecule has 2 amide bonds. The fraction of sp³-hybridized carbons (Fsp3) is 0.500. The molecule has 1 saturated heterocycles. The van der Waals surface area contributed by atoms with Crippen molar-refractivity contribution in [1.82, 2.24) is 10.6 Å². The molecule has 1 aliphatic heterocycles. The second kappa shape index (κ2) is 6.89. The van der Waals surface area contributed by atoms with Crippen molar-refractivity contribution >= 4 is 11.8 Å². The minimum absolute atomic E-state index is 0.293. The standard InChI is InChI=1S/C16H23N3O3/c1-11(20)13(14(17)21)19-15(22)16(8-5-9-18-16)10-12-6-3-2-4-7-12/h2-4,6-7,11,13,18,20H,5,8-10H2,1H3,(H2,17,21)(H,19,22)/t11-,13?,16?/m1/s1. The normalized spacial score (nSPS) is 23.7. The van der Waals surface area contributed by atoms with E-state index in [9.17, 15) is 14.7 Å². The number of carbonyl (C=O) groups excluding carboxylic acids is 2. The van der Waals surface area contributed by atoms with Crippen LogP contribution in [0.15, 0.2) is 30.3 Å². The molecule has 6 heteroatoms. The number of hydrogen-bond donors (Lipinski definition) is 4. The number of aliphatic hydroxyl groups excluding tert-OH is 1. The minimum Gasteiger partial charge on any atom is -0.391 e. The number of aliphatic hydroxyl groups is 1. The number of rotatable bonds is 6. The minimum atomic E-state index is -1.08. The first-order valence-corrected chi connectivity index (χ1v) is 7.52. The van der Waals surface area contributed by atoms with Crippen molar-refractivity contribution in [2.24, 2.45) is 5.73 Å². The van der Waals surface area contributed by atoms with Crippen molar-refractivity contribution in [3.05, 3.63) is 35.9 Å². The van der Waals surface area contributed by atoms with Crippen LogP contribution in [0.5, 0.6) is 0 Å². The van der Waals surface area contributed by atoms with Gasteiger partial charge in [-0.3, -0.25) is 9.59 Å². The monoisotopic (exact) mass is 305 g/mol. The van der Waals surface area contributed by atoms with Crippen LogP contribution in [0.3, 0.4) is 0 Å². The quantitative estimate of drug-likeness (QED) is 0.579. The van der Waals surface area contributed by atoms with Crippen molar-refractivity contribution in [3.63, 3.8) is 0 Å². The number of nitrogens with one attached hydrogen (secondary N) is 2. The largest absolute Gasteiger partial charge is 0.391 e. The number of amides is 2. The third-order valence-corrected chi connectivity index (χ3v) is 4.10. The van der Waals surface area contributed by atoms with Crippen molar-refractivity contribution in [1.29, 1.82) is 0 Å². The highest BCUT2D eigenvalue weighted by Crippen LogP contribution is 2.25. The van der Waals surface area contributed by atoms with Gasteiger partial charge in [0.15, 0.2) is 0 Å². The van der Waals surface area contributed by atoms with Crippen molar-refractivity contribution in [2.75, 3.05) is 6.54 Å². The summed E-state index contributed by atoms with van der Waals surface area (Å²) < 4.78 is 0. The molecule has 0 bridgehead atoms. The Morgan fingerprint density at radius 2 is 2.09 bits per heavy atom. The van der Waals surface area contributed by atoms with E-state index >= 15 is 0 Å². The predicted molar refractivity (Wildman–Crippen MR) is 82.9 cm³/mol. The first-order chi connectivity index (χ1) is 10.4. The maximum Gasteiger partial charge on any atom is 0.242 e. The fourth-order valence-corrected chi connectivity index (χ4v) is 2.88. The molecule has 2 rings (SSSR count). The second-order valence-electron chi connectivity index (χ2n) is 5.87. The van der Waals surface area contributed by atoms with Crippen LogP contribution in [0, 0.1) is 0 Å². The summed E-state index contributed by atoms with van der Waals surface area (Å²) in [5.74, 6) is -1.03. The zero-order chi connectivity index (χ0) is 16.2. The summed E-state index contributed by atoms with van der Waals surface area (Å²) in [4.78, 5) is 24.1. The first kappa shape index (κ1) is 16.5. The summed E-state index contributed by atoms with van der Waals surface area (Å²) in [6, 6.07) is 8.64. The maximum atomic E-state index is 12.7. The number of primary amides is 1. The fourth-order valence-electron chi connectivity index (χ4n) is 2.88. The van der Waals surface area contributed by atoms with Gasteiger partial charge in [0.2, 0.25) is 11.8 Å². The SMILES string of the molecule is C[C@@H](O)C(NC(=O)C1(Cc2ccccc2)CCCN1)C(N)=O. The van der Waals surface area contributed by atoms with E-state index in [4.69, 9.17) is 5.73 Å². The molecule has 0 spiro atoms. The molecule has 120 valence electrons. The van der Waals surface area contributed by atoms with E-state index in [1.807, 2.05) is 30.3 Å². The van der Waals surface area contributed by atoms with Gasteiger partial charge in [-0.2, -0.15) is 0 Å². The Balaban J connectivity index is 2.16.